The zero-order chi connectivity index (χ0) is 8.97. The number of carbonyl (C=O) groups is 2. The monoisotopic (exact) mass is 246 g/mol. The van der Waals surface area contributed by atoms with E-state index in [4.69, 9.17) is 0 Å². The number of Topliss-reactive ketones (excluding diaryl/α,β-unsaturated/α-hetero) is 2. The van der Waals surface area contributed by atoms with E-state index in [0.717, 1.165) is 0 Å². The van der Waals surface area contributed by atoms with Crippen LogP contribution in [0.4, 0.5) is 0 Å². The van der Waals surface area contributed by atoms with Crippen LogP contribution in [0.15, 0.2) is 17.5 Å². The molecule has 0 aliphatic heterocycles. The summed E-state index contributed by atoms with van der Waals surface area (Å²) in [4.78, 5) is 22.8. The summed E-state index contributed by atoms with van der Waals surface area (Å²) in [6.07, 6.45) is 0.00572. The third kappa shape index (κ3) is 2.53. The van der Waals surface area contributed by atoms with Crippen molar-refractivity contribution in [3.8, 4) is 0 Å². The van der Waals surface area contributed by atoms with Gasteiger partial charge in [0, 0.05) is 0 Å². The summed E-state index contributed by atoms with van der Waals surface area (Å²) in [6.45, 7) is 0. The standard InChI is InChI=1S/C8H7BrO2S/c9-5-6(10)4-7(11)8-2-1-3-12-8/h1-3H,4-5H2. The molecule has 0 spiro atoms. The van der Waals surface area contributed by atoms with Gasteiger partial charge in [0.25, 0.3) is 0 Å². The Hall–Kier alpha value is -0.480. The lowest BCUT2D eigenvalue weighted by Crippen LogP contribution is -2.07. The van der Waals surface area contributed by atoms with Crippen LogP contribution in [0.5, 0.6) is 0 Å². The highest BCUT2D eigenvalue weighted by atomic mass is 79.9. The van der Waals surface area contributed by atoms with Crippen molar-refractivity contribution in [1.82, 2.24) is 0 Å². The summed E-state index contributed by atoms with van der Waals surface area (Å²) >= 11 is 4.37. The number of halogens is 1. The van der Waals surface area contributed by atoms with Gasteiger partial charge in [-0.15, -0.1) is 11.3 Å². The predicted octanol–water partition coefficient (Wildman–Crippen LogP) is 2.28. The van der Waals surface area contributed by atoms with Gasteiger partial charge in [-0.3, -0.25) is 9.59 Å². The van der Waals surface area contributed by atoms with E-state index in [1.807, 2.05) is 5.38 Å². The topological polar surface area (TPSA) is 34.1 Å². The molecule has 12 heavy (non-hydrogen) atoms. The number of hydrogen-bond donors (Lipinski definition) is 0. The Labute approximate surface area is 82.7 Å². The highest BCUT2D eigenvalue weighted by molar-refractivity contribution is 9.09. The van der Waals surface area contributed by atoms with Crippen molar-refractivity contribution in [2.45, 2.75) is 6.42 Å². The van der Waals surface area contributed by atoms with Crippen LogP contribution >= 0.6 is 27.3 Å². The fourth-order valence-electron chi connectivity index (χ4n) is 0.751. The first kappa shape index (κ1) is 9.61. The van der Waals surface area contributed by atoms with Crippen molar-refractivity contribution in [3.63, 3.8) is 0 Å². The van der Waals surface area contributed by atoms with Crippen molar-refractivity contribution in [3.05, 3.63) is 22.4 Å². The second-order valence-corrected chi connectivity index (χ2v) is 3.76. The van der Waals surface area contributed by atoms with Crippen LogP contribution < -0.4 is 0 Å². The molecule has 0 radical (unpaired) electrons. The summed E-state index contributed by atoms with van der Waals surface area (Å²) in [5, 5.41) is 2.08. The smallest absolute Gasteiger partial charge is 0.180 e. The highest BCUT2D eigenvalue weighted by Crippen LogP contribution is 2.11. The first-order valence-corrected chi connectivity index (χ1v) is 5.38. The van der Waals surface area contributed by atoms with Gasteiger partial charge in [0.05, 0.1) is 16.6 Å². The summed E-state index contributed by atoms with van der Waals surface area (Å²) < 4.78 is 0. The first-order valence-electron chi connectivity index (χ1n) is 3.38. The largest absolute Gasteiger partial charge is 0.298 e. The van der Waals surface area contributed by atoms with Gasteiger partial charge in [-0.05, 0) is 11.4 Å². The molecule has 0 fully saturated rings. The van der Waals surface area contributed by atoms with Gasteiger partial charge >= 0.3 is 0 Å². The van der Waals surface area contributed by atoms with Crippen molar-refractivity contribution in [1.29, 1.82) is 0 Å². The number of carbonyl (C=O) groups excluding carboxylic acids is 2. The Kier molecular flexibility index (Phi) is 3.62. The van der Waals surface area contributed by atoms with Gasteiger partial charge in [-0.2, -0.15) is 0 Å². The van der Waals surface area contributed by atoms with Crippen LogP contribution in [-0.2, 0) is 4.79 Å². The molecule has 0 bridgehead atoms. The average Bonchev–Trinajstić information content (AvgIpc) is 2.56. The molecule has 1 aromatic heterocycles. The Morgan fingerprint density at radius 3 is 2.75 bits per heavy atom. The molecule has 0 aliphatic carbocycles. The van der Waals surface area contributed by atoms with E-state index in [1.165, 1.54) is 11.3 Å². The molecule has 0 aliphatic rings. The third-order valence-electron chi connectivity index (χ3n) is 1.30. The van der Waals surface area contributed by atoms with E-state index in [1.54, 1.807) is 12.1 Å². The van der Waals surface area contributed by atoms with Crippen LogP contribution in [0.2, 0.25) is 0 Å². The molecule has 2 nitrogen and oxygen atoms in total. The normalized spacial score (nSPS) is 9.75. The molecule has 4 heteroatoms. The van der Waals surface area contributed by atoms with Gasteiger partial charge in [0.2, 0.25) is 0 Å². The van der Waals surface area contributed by atoms with Gasteiger partial charge in [-0.1, -0.05) is 22.0 Å². The fourth-order valence-corrected chi connectivity index (χ4v) is 1.61. The molecule has 0 saturated heterocycles. The maximum absolute atomic E-state index is 11.2. The SMILES string of the molecule is O=C(CBr)CC(=O)c1cccs1. The van der Waals surface area contributed by atoms with E-state index in [2.05, 4.69) is 15.9 Å². The highest BCUT2D eigenvalue weighted by Gasteiger charge is 2.10. The molecule has 1 heterocycles. The van der Waals surface area contributed by atoms with E-state index < -0.39 is 0 Å². The molecule has 0 unspecified atom stereocenters. The quantitative estimate of drug-likeness (QED) is 0.464. The third-order valence-corrected chi connectivity index (χ3v) is 2.84. The van der Waals surface area contributed by atoms with Crippen LogP contribution in [0.1, 0.15) is 16.1 Å². The summed E-state index contributed by atoms with van der Waals surface area (Å²) in [6, 6.07) is 3.53. The van der Waals surface area contributed by atoms with Gasteiger partial charge < -0.3 is 0 Å². The maximum atomic E-state index is 11.2. The summed E-state index contributed by atoms with van der Waals surface area (Å²) in [5.74, 6) is -0.164. The van der Waals surface area contributed by atoms with Crippen LogP contribution in [0.3, 0.4) is 0 Å². The van der Waals surface area contributed by atoms with Crippen molar-refractivity contribution >= 4 is 38.8 Å². The number of rotatable bonds is 4. The van der Waals surface area contributed by atoms with Crippen LogP contribution in [-0.4, -0.2) is 16.9 Å². The number of alkyl halides is 1. The van der Waals surface area contributed by atoms with E-state index in [-0.39, 0.29) is 23.3 Å². The lowest BCUT2D eigenvalue weighted by molar-refractivity contribution is -0.115. The molecule has 0 saturated carbocycles. The summed E-state index contributed by atoms with van der Waals surface area (Å²) in [5.41, 5.74) is 0. The zero-order valence-electron chi connectivity index (χ0n) is 6.25. The summed E-state index contributed by atoms with van der Waals surface area (Å²) in [7, 11) is 0. The van der Waals surface area contributed by atoms with Crippen LogP contribution in [0.25, 0.3) is 0 Å². The second kappa shape index (κ2) is 4.52. The molecule has 0 N–H and O–H groups in total. The molecular formula is C8H7BrO2S. The number of thiophene rings is 1. The Balaban J connectivity index is 2.56. The Bertz CT molecular complexity index is 279. The molecular weight excluding hydrogens is 240 g/mol. The molecule has 0 atom stereocenters. The minimum absolute atomic E-state index is 0.00572. The molecule has 1 aromatic rings. The van der Waals surface area contributed by atoms with Gasteiger partial charge in [-0.25, -0.2) is 0 Å². The van der Waals surface area contributed by atoms with Crippen molar-refractivity contribution in [2.75, 3.05) is 5.33 Å². The van der Waals surface area contributed by atoms with Crippen LogP contribution in [0, 0.1) is 0 Å². The van der Waals surface area contributed by atoms with E-state index in [9.17, 15) is 9.59 Å². The Morgan fingerprint density at radius 2 is 2.25 bits per heavy atom. The predicted molar refractivity (Wildman–Crippen MR) is 52.1 cm³/mol. The molecule has 0 aromatic carbocycles. The molecule has 64 valence electrons. The first-order chi connectivity index (χ1) is 5.74. The van der Waals surface area contributed by atoms with Gasteiger partial charge in [0.15, 0.2) is 11.6 Å². The fraction of sp³-hybridized carbons (Fsp3) is 0.250. The molecule has 1 rings (SSSR count). The second-order valence-electron chi connectivity index (χ2n) is 2.25. The molecule has 0 amide bonds. The van der Waals surface area contributed by atoms with E-state index >= 15 is 0 Å². The lowest BCUT2D eigenvalue weighted by atomic mass is 10.2. The van der Waals surface area contributed by atoms with Crippen molar-refractivity contribution < 1.29 is 9.59 Å². The maximum Gasteiger partial charge on any atom is 0.180 e. The Morgan fingerprint density at radius 1 is 1.50 bits per heavy atom. The lowest BCUT2D eigenvalue weighted by Gasteiger charge is -1.92. The van der Waals surface area contributed by atoms with Crippen molar-refractivity contribution in [2.24, 2.45) is 0 Å². The average molecular weight is 247 g/mol. The minimum Gasteiger partial charge on any atom is -0.298 e. The number of ketones is 2. The number of hydrogen-bond acceptors (Lipinski definition) is 3. The van der Waals surface area contributed by atoms with E-state index in [0.29, 0.717) is 4.88 Å². The minimum atomic E-state index is -0.0885. The van der Waals surface area contributed by atoms with Gasteiger partial charge in [0.1, 0.15) is 0 Å². The zero-order valence-corrected chi connectivity index (χ0v) is 8.65.